The number of rotatable bonds is 5. The summed E-state index contributed by atoms with van der Waals surface area (Å²) in [6.07, 6.45) is 0. The Balaban J connectivity index is 1.67. The standard InChI is InChI=1S/C17H21N3O2S/c1-13-4-2-5-14(19-13)17(21)18-12-15(16-6-3-11-23-16)20-7-9-22-10-8-20/h2-6,11,15H,7-10,12H2,1H3,(H,18,21)/t15-/m0/s1. The monoisotopic (exact) mass is 331 g/mol. The number of nitrogens with one attached hydrogen (secondary N) is 1. The summed E-state index contributed by atoms with van der Waals surface area (Å²) in [6.45, 7) is 5.74. The fourth-order valence-electron chi connectivity index (χ4n) is 2.73. The third kappa shape index (κ3) is 4.16. The number of pyridine rings is 1. The first-order chi connectivity index (χ1) is 11.2. The molecule has 23 heavy (non-hydrogen) atoms. The van der Waals surface area contributed by atoms with Gasteiger partial charge in [-0.1, -0.05) is 12.1 Å². The summed E-state index contributed by atoms with van der Waals surface area (Å²) in [5.74, 6) is -0.122. The Bertz CT molecular complexity index is 639. The van der Waals surface area contributed by atoms with E-state index in [-0.39, 0.29) is 11.9 Å². The van der Waals surface area contributed by atoms with Crippen LogP contribution in [-0.4, -0.2) is 48.6 Å². The van der Waals surface area contributed by atoms with Gasteiger partial charge in [-0.3, -0.25) is 9.69 Å². The van der Waals surface area contributed by atoms with Crippen LogP contribution in [0.1, 0.15) is 27.1 Å². The van der Waals surface area contributed by atoms with Crippen LogP contribution in [0.25, 0.3) is 0 Å². The summed E-state index contributed by atoms with van der Waals surface area (Å²) in [6, 6.07) is 9.86. The molecule has 5 nitrogen and oxygen atoms in total. The molecule has 0 unspecified atom stereocenters. The third-order valence-corrected chi connectivity index (χ3v) is 4.91. The molecule has 0 aromatic carbocycles. The van der Waals surface area contributed by atoms with Gasteiger partial charge in [-0.05, 0) is 30.5 Å². The Morgan fingerprint density at radius 2 is 2.17 bits per heavy atom. The van der Waals surface area contributed by atoms with Gasteiger partial charge in [0.05, 0.1) is 19.3 Å². The van der Waals surface area contributed by atoms with E-state index in [1.807, 2.05) is 19.1 Å². The molecule has 1 atom stereocenters. The number of hydrogen-bond donors (Lipinski definition) is 1. The van der Waals surface area contributed by atoms with Gasteiger partial charge in [0.1, 0.15) is 5.69 Å². The molecule has 0 aliphatic carbocycles. The van der Waals surface area contributed by atoms with Gasteiger partial charge in [0.25, 0.3) is 5.91 Å². The molecule has 122 valence electrons. The van der Waals surface area contributed by atoms with E-state index in [1.165, 1.54) is 4.88 Å². The molecule has 3 heterocycles. The highest BCUT2D eigenvalue weighted by atomic mass is 32.1. The van der Waals surface area contributed by atoms with E-state index in [9.17, 15) is 4.79 Å². The predicted octanol–water partition coefficient (Wildman–Crippen LogP) is 2.25. The van der Waals surface area contributed by atoms with Crippen molar-refractivity contribution in [2.24, 2.45) is 0 Å². The Morgan fingerprint density at radius 3 is 2.87 bits per heavy atom. The quantitative estimate of drug-likeness (QED) is 0.913. The molecule has 0 saturated carbocycles. The molecular formula is C17H21N3O2S. The summed E-state index contributed by atoms with van der Waals surface area (Å²) in [7, 11) is 0. The Hall–Kier alpha value is -1.76. The SMILES string of the molecule is Cc1cccc(C(=O)NC[C@@H](c2cccs2)N2CCOCC2)n1. The second-order valence-corrected chi connectivity index (χ2v) is 6.53. The van der Waals surface area contributed by atoms with Crippen molar-refractivity contribution >= 4 is 17.2 Å². The van der Waals surface area contributed by atoms with Gasteiger partial charge in [-0.25, -0.2) is 4.98 Å². The average Bonchev–Trinajstić information content (AvgIpc) is 3.10. The number of morpholine rings is 1. The van der Waals surface area contributed by atoms with Crippen LogP contribution < -0.4 is 5.32 Å². The minimum absolute atomic E-state index is 0.122. The second kappa shape index (κ2) is 7.68. The maximum atomic E-state index is 12.3. The zero-order chi connectivity index (χ0) is 16.1. The number of ether oxygens (including phenoxy) is 1. The molecule has 2 aromatic rings. The lowest BCUT2D eigenvalue weighted by Gasteiger charge is -2.34. The molecule has 2 aromatic heterocycles. The van der Waals surface area contributed by atoms with Crippen molar-refractivity contribution in [3.05, 3.63) is 52.0 Å². The van der Waals surface area contributed by atoms with Crippen LogP contribution in [0, 0.1) is 6.92 Å². The van der Waals surface area contributed by atoms with Crippen molar-refractivity contribution in [1.82, 2.24) is 15.2 Å². The van der Waals surface area contributed by atoms with Crippen LogP contribution in [0.3, 0.4) is 0 Å². The van der Waals surface area contributed by atoms with Crippen LogP contribution in [0.2, 0.25) is 0 Å². The molecule has 1 aliphatic heterocycles. The number of carbonyl (C=O) groups is 1. The summed E-state index contributed by atoms with van der Waals surface area (Å²) < 4.78 is 5.44. The highest BCUT2D eigenvalue weighted by Crippen LogP contribution is 2.25. The van der Waals surface area contributed by atoms with Crippen molar-refractivity contribution in [2.75, 3.05) is 32.8 Å². The second-order valence-electron chi connectivity index (χ2n) is 5.55. The van der Waals surface area contributed by atoms with Crippen LogP contribution in [0.4, 0.5) is 0 Å². The lowest BCUT2D eigenvalue weighted by atomic mass is 10.2. The van der Waals surface area contributed by atoms with Crippen molar-refractivity contribution < 1.29 is 9.53 Å². The van der Waals surface area contributed by atoms with Crippen molar-refractivity contribution in [3.63, 3.8) is 0 Å². The minimum atomic E-state index is -0.122. The summed E-state index contributed by atoms with van der Waals surface area (Å²) in [5.41, 5.74) is 1.32. The maximum Gasteiger partial charge on any atom is 0.269 e. The van der Waals surface area contributed by atoms with E-state index in [2.05, 4.69) is 32.7 Å². The van der Waals surface area contributed by atoms with E-state index >= 15 is 0 Å². The molecule has 3 rings (SSSR count). The van der Waals surface area contributed by atoms with Gasteiger partial charge in [-0.15, -0.1) is 11.3 Å². The smallest absolute Gasteiger partial charge is 0.269 e. The number of nitrogens with zero attached hydrogens (tertiary/aromatic N) is 2. The van der Waals surface area contributed by atoms with Crippen LogP contribution in [-0.2, 0) is 4.74 Å². The molecule has 1 fully saturated rings. The van der Waals surface area contributed by atoms with E-state index in [0.717, 1.165) is 32.0 Å². The molecule has 0 spiro atoms. The highest BCUT2D eigenvalue weighted by molar-refractivity contribution is 7.10. The van der Waals surface area contributed by atoms with Crippen molar-refractivity contribution in [1.29, 1.82) is 0 Å². The largest absolute Gasteiger partial charge is 0.379 e. The van der Waals surface area contributed by atoms with Crippen LogP contribution >= 0.6 is 11.3 Å². The van der Waals surface area contributed by atoms with E-state index in [1.54, 1.807) is 17.4 Å². The van der Waals surface area contributed by atoms with Crippen molar-refractivity contribution in [3.8, 4) is 0 Å². The fraction of sp³-hybridized carbons (Fsp3) is 0.412. The lowest BCUT2D eigenvalue weighted by molar-refractivity contribution is 0.0169. The van der Waals surface area contributed by atoms with Gasteiger partial charge in [-0.2, -0.15) is 0 Å². The Kier molecular flexibility index (Phi) is 5.38. The maximum absolute atomic E-state index is 12.3. The Morgan fingerprint density at radius 1 is 1.35 bits per heavy atom. The zero-order valence-corrected chi connectivity index (χ0v) is 14.0. The predicted molar refractivity (Wildman–Crippen MR) is 90.8 cm³/mol. The molecule has 0 radical (unpaired) electrons. The number of aromatic nitrogens is 1. The lowest BCUT2D eigenvalue weighted by Crippen LogP contribution is -2.43. The van der Waals surface area contributed by atoms with Gasteiger partial charge in [0.2, 0.25) is 0 Å². The minimum Gasteiger partial charge on any atom is -0.379 e. The number of thiophene rings is 1. The van der Waals surface area contributed by atoms with E-state index < -0.39 is 0 Å². The summed E-state index contributed by atoms with van der Waals surface area (Å²) in [4.78, 5) is 20.3. The van der Waals surface area contributed by atoms with Gasteiger partial charge in [0, 0.05) is 30.2 Å². The fourth-order valence-corrected chi connectivity index (χ4v) is 3.59. The van der Waals surface area contributed by atoms with Crippen LogP contribution in [0.15, 0.2) is 35.7 Å². The van der Waals surface area contributed by atoms with Crippen LogP contribution in [0.5, 0.6) is 0 Å². The first-order valence-corrected chi connectivity index (χ1v) is 8.69. The molecule has 6 heteroatoms. The van der Waals surface area contributed by atoms with E-state index in [0.29, 0.717) is 12.2 Å². The average molecular weight is 331 g/mol. The number of carbonyl (C=O) groups excluding carboxylic acids is 1. The zero-order valence-electron chi connectivity index (χ0n) is 13.2. The highest BCUT2D eigenvalue weighted by Gasteiger charge is 2.24. The molecule has 1 saturated heterocycles. The number of hydrogen-bond acceptors (Lipinski definition) is 5. The van der Waals surface area contributed by atoms with Crippen molar-refractivity contribution in [2.45, 2.75) is 13.0 Å². The molecule has 1 aliphatic rings. The third-order valence-electron chi connectivity index (χ3n) is 3.93. The topological polar surface area (TPSA) is 54.5 Å². The molecule has 0 bridgehead atoms. The number of aryl methyl sites for hydroxylation is 1. The van der Waals surface area contributed by atoms with Gasteiger partial charge >= 0.3 is 0 Å². The van der Waals surface area contributed by atoms with E-state index in [4.69, 9.17) is 4.74 Å². The summed E-state index contributed by atoms with van der Waals surface area (Å²) in [5, 5.41) is 5.11. The summed E-state index contributed by atoms with van der Waals surface area (Å²) >= 11 is 1.73. The first-order valence-electron chi connectivity index (χ1n) is 7.81. The first kappa shape index (κ1) is 16.1. The molecule has 1 amide bonds. The molecular weight excluding hydrogens is 310 g/mol. The van der Waals surface area contributed by atoms with Gasteiger partial charge in [0.15, 0.2) is 0 Å². The number of amides is 1. The Labute approximate surface area is 140 Å². The normalized spacial score (nSPS) is 16.9. The van der Waals surface area contributed by atoms with Gasteiger partial charge < -0.3 is 10.1 Å². The molecule has 1 N–H and O–H groups in total.